The lowest BCUT2D eigenvalue weighted by Gasteiger charge is -2.01. The van der Waals surface area contributed by atoms with Gasteiger partial charge in [-0.1, -0.05) is 17.3 Å². The Hall–Kier alpha value is -1.51. The minimum absolute atomic E-state index is 0.578. The SMILES string of the molecule is COc1cccc(/C(C)=N\O)c1. The maximum atomic E-state index is 8.50. The highest BCUT2D eigenvalue weighted by Crippen LogP contribution is 2.12. The molecule has 1 aromatic rings. The number of oxime groups is 1. The lowest BCUT2D eigenvalue weighted by Crippen LogP contribution is -1.94. The quantitative estimate of drug-likeness (QED) is 0.413. The molecular formula is C9H11NO2. The van der Waals surface area contributed by atoms with Gasteiger partial charge in [-0.05, 0) is 19.1 Å². The van der Waals surface area contributed by atoms with Crippen molar-refractivity contribution in [1.82, 2.24) is 0 Å². The van der Waals surface area contributed by atoms with Gasteiger partial charge in [-0.25, -0.2) is 0 Å². The van der Waals surface area contributed by atoms with Crippen molar-refractivity contribution >= 4 is 5.71 Å². The first kappa shape index (κ1) is 8.59. The van der Waals surface area contributed by atoms with E-state index in [1.54, 1.807) is 14.0 Å². The van der Waals surface area contributed by atoms with Crippen molar-refractivity contribution in [3.8, 4) is 5.75 Å². The number of rotatable bonds is 2. The molecule has 0 aliphatic rings. The highest BCUT2D eigenvalue weighted by molar-refractivity contribution is 5.98. The van der Waals surface area contributed by atoms with E-state index in [0.29, 0.717) is 5.71 Å². The molecule has 0 spiro atoms. The van der Waals surface area contributed by atoms with Crippen molar-refractivity contribution in [3.63, 3.8) is 0 Å². The van der Waals surface area contributed by atoms with Gasteiger partial charge in [0.15, 0.2) is 0 Å². The zero-order valence-corrected chi connectivity index (χ0v) is 7.11. The molecule has 0 aliphatic heterocycles. The van der Waals surface area contributed by atoms with Gasteiger partial charge in [0, 0.05) is 5.56 Å². The summed E-state index contributed by atoms with van der Waals surface area (Å²) in [7, 11) is 1.60. The third-order valence-corrected chi connectivity index (χ3v) is 1.64. The molecule has 0 bridgehead atoms. The zero-order valence-electron chi connectivity index (χ0n) is 7.11. The van der Waals surface area contributed by atoms with Gasteiger partial charge in [0.25, 0.3) is 0 Å². The molecule has 12 heavy (non-hydrogen) atoms. The summed E-state index contributed by atoms with van der Waals surface area (Å²) in [5.41, 5.74) is 1.44. The molecule has 0 aromatic heterocycles. The van der Waals surface area contributed by atoms with Gasteiger partial charge in [-0.3, -0.25) is 0 Å². The van der Waals surface area contributed by atoms with Crippen molar-refractivity contribution in [2.75, 3.05) is 7.11 Å². The van der Waals surface area contributed by atoms with Crippen LogP contribution in [0.3, 0.4) is 0 Å². The molecule has 0 atom stereocenters. The molecule has 0 radical (unpaired) electrons. The van der Waals surface area contributed by atoms with E-state index in [9.17, 15) is 0 Å². The van der Waals surface area contributed by atoms with Crippen LogP contribution in [-0.2, 0) is 0 Å². The van der Waals surface area contributed by atoms with Crippen molar-refractivity contribution in [2.24, 2.45) is 5.16 Å². The molecule has 1 N–H and O–H groups in total. The van der Waals surface area contributed by atoms with Gasteiger partial charge >= 0.3 is 0 Å². The molecule has 0 saturated carbocycles. The van der Waals surface area contributed by atoms with Crippen LogP contribution in [0.2, 0.25) is 0 Å². The Bertz CT molecular complexity index is 294. The number of methoxy groups -OCH3 is 1. The molecule has 64 valence electrons. The van der Waals surface area contributed by atoms with E-state index >= 15 is 0 Å². The van der Waals surface area contributed by atoms with Crippen molar-refractivity contribution in [2.45, 2.75) is 6.92 Å². The first-order valence-corrected chi connectivity index (χ1v) is 3.61. The van der Waals surface area contributed by atoms with Gasteiger partial charge in [0.2, 0.25) is 0 Å². The van der Waals surface area contributed by atoms with Gasteiger partial charge in [-0.15, -0.1) is 0 Å². The van der Waals surface area contributed by atoms with E-state index in [1.165, 1.54) is 0 Å². The normalized spacial score (nSPS) is 11.3. The van der Waals surface area contributed by atoms with Crippen LogP contribution in [0.1, 0.15) is 12.5 Å². The summed E-state index contributed by atoms with van der Waals surface area (Å²) in [4.78, 5) is 0. The third kappa shape index (κ3) is 1.75. The van der Waals surface area contributed by atoms with E-state index in [2.05, 4.69) is 5.16 Å². The summed E-state index contributed by atoms with van der Waals surface area (Å²) in [6, 6.07) is 7.36. The van der Waals surface area contributed by atoms with Crippen LogP contribution < -0.4 is 4.74 Å². The average molecular weight is 165 g/mol. The third-order valence-electron chi connectivity index (χ3n) is 1.64. The number of ether oxygens (including phenoxy) is 1. The number of nitrogens with zero attached hydrogens (tertiary/aromatic N) is 1. The summed E-state index contributed by atoms with van der Waals surface area (Å²) >= 11 is 0. The second-order valence-electron chi connectivity index (χ2n) is 2.42. The molecule has 0 aliphatic carbocycles. The van der Waals surface area contributed by atoms with Crippen LogP contribution in [0.15, 0.2) is 29.4 Å². The summed E-state index contributed by atoms with van der Waals surface area (Å²) < 4.78 is 5.01. The van der Waals surface area contributed by atoms with E-state index in [4.69, 9.17) is 9.94 Å². The van der Waals surface area contributed by atoms with E-state index in [-0.39, 0.29) is 0 Å². The van der Waals surface area contributed by atoms with Crippen LogP contribution >= 0.6 is 0 Å². The fourth-order valence-electron chi connectivity index (χ4n) is 0.906. The fraction of sp³-hybridized carbons (Fsp3) is 0.222. The summed E-state index contributed by atoms with van der Waals surface area (Å²) in [5, 5.41) is 11.6. The van der Waals surface area contributed by atoms with Gasteiger partial charge < -0.3 is 9.94 Å². The van der Waals surface area contributed by atoms with E-state index < -0.39 is 0 Å². The molecule has 0 saturated heterocycles. The Kier molecular flexibility index (Phi) is 2.69. The number of hydrogen-bond acceptors (Lipinski definition) is 3. The van der Waals surface area contributed by atoms with Crippen LogP contribution in [-0.4, -0.2) is 18.0 Å². The Morgan fingerprint density at radius 3 is 2.83 bits per heavy atom. The van der Waals surface area contributed by atoms with Crippen LogP contribution in [0.25, 0.3) is 0 Å². The van der Waals surface area contributed by atoms with Crippen LogP contribution in [0.4, 0.5) is 0 Å². The first-order valence-electron chi connectivity index (χ1n) is 3.61. The smallest absolute Gasteiger partial charge is 0.119 e. The monoisotopic (exact) mass is 165 g/mol. The Morgan fingerprint density at radius 1 is 1.50 bits per heavy atom. The molecule has 0 amide bonds. The van der Waals surface area contributed by atoms with E-state index in [1.807, 2.05) is 24.3 Å². The molecular weight excluding hydrogens is 154 g/mol. The first-order chi connectivity index (χ1) is 5.77. The molecule has 0 fully saturated rings. The second-order valence-corrected chi connectivity index (χ2v) is 2.42. The lowest BCUT2D eigenvalue weighted by atomic mass is 10.1. The Balaban J connectivity index is 3.02. The number of hydrogen-bond donors (Lipinski definition) is 1. The minimum atomic E-state index is 0.578. The summed E-state index contributed by atoms with van der Waals surface area (Å²) in [6.45, 7) is 1.73. The summed E-state index contributed by atoms with van der Waals surface area (Å²) in [6.07, 6.45) is 0. The zero-order chi connectivity index (χ0) is 8.97. The highest BCUT2D eigenvalue weighted by Gasteiger charge is 1.98. The van der Waals surface area contributed by atoms with Crippen molar-refractivity contribution in [1.29, 1.82) is 0 Å². The van der Waals surface area contributed by atoms with Gasteiger partial charge in [-0.2, -0.15) is 0 Å². The Morgan fingerprint density at radius 2 is 2.25 bits per heavy atom. The van der Waals surface area contributed by atoms with Gasteiger partial charge in [0.1, 0.15) is 5.75 Å². The van der Waals surface area contributed by atoms with E-state index in [0.717, 1.165) is 11.3 Å². The summed E-state index contributed by atoms with van der Waals surface area (Å²) in [5.74, 6) is 0.760. The fourth-order valence-corrected chi connectivity index (χ4v) is 0.906. The maximum Gasteiger partial charge on any atom is 0.119 e. The molecule has 1 aromatic carbocycles. The Labute approximate surface area is 71.3 Å². The number of benzene rings is 1. The molecule has 0 unspecified atom stereocenters. The highest BCUT2D eigenvalue weighted by atomic mass is 16.5. The maximum absolute atomic E-state index is 8.50. The van der Waals surface area contributed by atoms with Crippen LogP contribution in [0.5, 0.6) is 5.75 Å². The van der Waals surface area contributed by atoms with Crippen molar-refractivity contribution in [3.05, 3.63) is 29.8 Å². The molecule has 1 rings (SSSR count). The standard InChI is InChI=1S/C9H11NO2/c1-7(10-11)8-4-3-5-9(6-8)12-2/h3-6,11H,1-2H3/b10-7-. The molecule has 3 nitrogen and oxygen atoms in total. The average Bonchev–Trinajstić information content (AvgIpc) is 2.17. The predicted molar refractivity (Wildman–Crippen MR) is 47.0 cm³/mol. The molecule has 0 heterocycles. The predicted octanol–water partition coefficient (Wildman–Crippen LogP) is 1.89. The van der Waals surface area contributed by atoms with Gasteiger partial charge in [0.05, 0.1) is 12.8 Å². The van der Waals surface area contributed by atoms with Crippen LogP contribution in [0, 0.1) is 0 Å². The largest absolute Gasteiger partial charge is 0.497 e. The molecule has 3 heteroatoms. The minimum Gasteiger partial charge on any atom is -0.497 e. The topological polar surface area (TPSA) is 41.8 Å². The second kappa shape index (κ2) is 3.76. The lowest BCUT2D eigenvalue weighted by molar-refractivity contribution is 0.319. The van der Waals surface area contributed by atoms with Crippen molar-refractivity contribution < 1.29 is 9.94 Å².